The zero-order valence-corrected chi connectivity index (χ0v) is 12.3. The maximum Gasteiger partial charge on any atom is 0.243 e. The summed E-state index contributed by atoms with van der Waals surface area (Å²) in [5.41, 5.74) is 0.202. The van der Waals surface area contributed by atoms with Gasteiger partial charge < -0.3 is 14.9 Å². The maximum absolute atomic E-state index is 9.65. The molecule has 5 nitrogen and oxygen atoms in total. The summed E-state index contributed by atoms with van der Waals surface area (Å²) in [6.07, 6.45) is 8.48. The minimum Gasteiger partial charge on any atom is -0.392 e. The number of rotatable bonds is 2. The highest BCUT2D eigenvalue weighted by Crippen LogP contribution is 2.60. The smallest absolute Gasteiger partial charge is 0.243 e. The zero-order chi connectivity index (χ0) is 14.0. The second-order valence-electron chi connectivity index (χ2n) is 8.00. The molecular weight excluding hydrogens is 266 g/mol. The summed E-state index contributed by atoms with van der Waals surface area (Å²) in [6.45, 7) is 0.625. The topological polar surface area (TPSA) is 71.2 Å². The SMILES string of the molecule is O[C@H]1CN[C@@H](c2nc(C34CC5CC(CC(C5)C3)C4)no2)C1. The fourth-order valence-electron chi connectivity index (χ4n) is 5.88. The van der Waals surface area contributed by atoms with Crippen LogP contribution in [0.2, 0.25) is 0 Å². The number of nitrogens with zero attached hydrogens (tertiary/aromatic N) is 2. The first-order valence-corrected chi connectivity index (χ1v) is 8.46. The molecule has 0 aromatic carbocycles. The van der Waals surface area contributed by atoms with Crippen molar-refractivity contribution in [3.8, 4) is 0 Å². The quantitative estimate of drug-likeness (QED) is 0.870. The van der Waals surface area contributed by atoms with Crippen molar-refractivity contribution in [2.75, 3.05) is 6.54 Å². The van der Waals surface area contributed by atoms with Crippen LogP contribution in [0.3, 0.4) is 0 Å². The number of aromatic nitrogens is 2. The molecule has 4 bridgehead atoms. The van der Waals surface area contributed by atoms with Gasteiger partial charge in [-0.05, 0) is 62.7 Å². The lowest BCUT2D eigenvalue weighted by atomic mass is 9.49. The van der Waals surface area contributed by atoms with E-state index in [1.165, 1.54) is 38.5 Å². The molecule has 5 aliphatic rings. The Morgan fingerprint density at radius 2 is 1.71 bits per heavy atom. The van der Waals surface area contributed by atoms with Crippen molar-refractivity contribution in [3.63, 3.8) is 0 Å². The van der Waals surface area contributed by atoms with Gasteiger partial charge in [-0.3, -0.25) is 0 Å². The van der Waals surface area contributed by atoms with Gasteiger partial charge in [-0.2, -0.15) is 4.98 Å². The Kier molecular flexibility index (Phi) is 2.57. The standard InChI is InChI=1S/C16H23N3O2/c20-12-4-13(17-8-12)14-18-15(19-21-14)16-5-9-1-10(6-16)3-11(2-9)7-16/h9-13,17,20H,1-8H2/t9?,10?,11?,12-,13-,16?/m1/s1. The van der Waals surface area contributed by atoms with Crippen LogP contribution in [0.4, 0.5) is 0 Å². The number of hydrogen-bond acceptors (Lipinski definition) is 5. The molecule has 5 fully saturated rings. The monoisotopic (exact) mass is 289 g/mol. The second kappa shape index (κ2) is 4.29. The Morgan fingerprint density at radius 3 is 2.29 bits per heavy atom. The van der Waals surface area contributed by atoms with Crippen LogP contribution >= 0.6 is 0 Å². The number of aliphatic hydroxyl groups excluding tert-OH is 1. The summed E-state index contributed by atoms with van der Waals surface area (Å²) >= 11 is 0. The van der Waals surface area contributed by atoms with E-state index in [1.807, 2.05) is 0 Å². The predicted molar refractivity (Wildman–Crippen MR) is 75.5 cm³/mol. The largest absolute Gasteiger partial charge is 0.392 e. The van der Waals surface area contributed by atoms with E-state index in [9.17, 15) is 5.11 Å². The number of nitrogens with one attached hydrogen (secondary N) is 1. The molecule has 21 heavy (non-hydrogen) atoms. The number of hydrogen-bond donors (Lipinski definition) is 2. The fourth-order valence-corrected chi connectivity index (χ4v) is 5.88. The molecule has 0 unspecified atom stereocenters. The molecule has 6 rings (SSSR count). The van der Waals surface area contributed by atoms with Crippen molar-refractivity contribution >= 4 is 0 Å². The van der Waals surface area contributed by atoms with Crippen LogP contribution in [-0.2, 0) is 5.41 Å². The third kappa shape index (κ3) is 1.90. The molecule has 4 aliphatic carbocycles. The zero-order valence-electron chi connectivity index (χ0n) is 12.3. The summed E-state index contributed by atoms with van der Waals surface area (Å²) in [5, 5.41) is 17.3. The van der Waals surface area contributed by atoms with E-state index in [4.69, 9.17) is 9.51 Å². The predicted octanol–water partition coefficient (Wildman–Crippen LogP) is 1.93. The van der Waals surface area contributed by atoms with Gasteiger partial charge in [0.25, 0.3) is 0 Å². The van der Waals surface area contributed by atoms with E-state index < -0.39 is 0 Å². The normalized spacial score (nSPS) is 48.1. The summed E-state index contributed by atoms with van der Waals surface area (Å²) in [4.78, 5) is 4.77. The Labute approximate surface area is 124 Å². The Morgan fingerprint density at radius 1 is 1.05 bits per heavy atom. The average Bonchev–Trinajstić information content (AvgIpc) is 3.05. The lowest BCUT2D eigenvalue weighted by Gasteiger charge is -2.55. The van der Waals surface area contributed by atoms with Gasteiger partial charge >= 0.3 is 0 Å². The Bertz CT molecular complexity index is 520. The highest BCUT2D eigenvalue weighted by Gasteiger charge is 2.54. The minimum atomic E-state index is -0.287. The van der Waals surface area contributed by atoms with Crippen molar-refractivity contribution in [2.24, 2.45) is 17.8 Å². The van der Waals surface area contributed by atoms with E-state index in [-0.39, 0.29) is 17.6 Å². The molecule has 2 atom stereocenters. The third-order valence-corrected chi connectivity index (χ3v) is 6.36. The molecule has 2 heterocycles. The summed E-state index contributed by atoms with van der Waals surface area (Å²) in [5.74, 6) is 4.32. The van der Waals surface area contributed by atoms with Gasteiger partial charge in [0, 0.05) is 12.0 Å². The van der Waals surface area contributed by atoms with Crippen LogP contribution in [0.15, 0.2) is 4.52 Å². The first kappa shape index (κ1) is 12.6. The second-order valence-corrected chi connectivity index (χ2v) is 8.00. The van der Waals surface area contributed by atoms with Crippen molar-refractivity contribution in [1.82, 2.24) is 15.5 Å². The number of aliphatic hydroxyl groups is 1. The lowest BCUT2D eigenvalue weighted by molar-refractivity contribution is -0.0103. The summed E-state index contributed by atoms with van der Waals surface area (Å²) in [7, 11) is 0. The molecule has 1 aliphatic heterocycles. The molecule has 5 heteroatoms. The molecule has 2 N–H and O–H groups in total. The van der Waals surface area contributed by atoms with Gasteiger partial charge in [0.2, 0.25) is 5.89 Å². The first-order valence-electron chi connectivity index (χ1n) is 8.46. The van der Waals surface area contributed by atoms with Crippen molar-refractivity contribution < 1.29 is 9.63 Å². The third-order valence-electron chi connectivity index (χ3n) is 6.36. The summed E-state index contributed by atoms with van der Waals surface area (Å²) in [6, 6.07) is 0.0372. The molecule has 1 saturated heterocycles. The van der Waals surface area contributed by atoms with Gasteiger partial charge in [-0.25, -0.2) is 0 Å². The number of β-amino-alcohol motifs (C(OH)–C–C–N with tert-alkyl or cyclic N) is 1. The lowest BCUT2D eigenvalue weighted by Crippen LogP contribution is -2.49. The van der Waals surface area contributed by atoms with E-state index in [0.717, 1.165) is 23.6 Å². The van der Waals surface area contributed by atoms with E-state index >= 15 is 0 Å². The van der Waals surface area contributed by atoms with Crippen LogP contribution in [0.25, 0.3) is 0 Å². The van der Waals surface area contributed by atoms with E-state index in [2.05, 4.69) is 10.5 Å². The average molecular weight is 289 g/mol. The molecule has 0 amide bonds. The van der Waals surface area contributed by atoms with Gasteiger partial charge in [0.15, 0.2) is 5.82 Å². The molecule has 1 aromatic rings. The van der Waals surface area contributed by atoms with Gasteiger partial charge in [0.1, 0.15) is 0 Å². The van der Waals surface area contributed by atoms with Crippen LogP contribution in [0.5, 0.6) is 0 Å². The fraction of sp³-hybridized carbons (Fsp3) is 0.875. The first-order chi connectivity index (χ1) is 10.2. The van der Waals surface area contributed by atoms with Crippen molar-refractivity contribution in [1.29, 1.82) is 0 Å². The van der Waals surface area contributed by atoms with E-state index in [1.54, 1.807) is 0 Å². The Balaban J connectivity index is 1.44. The van der Waals surface area contributed by atoms with Crippen LogP contribution in [-0.4, -0.2) is 27.9 Å². The van der Waals surface area contributed by atoms with Crippen LogP contribution in [0.1, 0.15) is 62.7 Å². The van der Waals surface area contributed by atoms with Gasteiger partial charge in [0.05, 0.1) is 12.1 Å². The minimum absolute atomic E-state index is 0.0372. The highest BCUT2D eigenvalue weighted by atomic mass is 16.5. The van der Waals surface area contributed by atoms with Crippen molar-refractivity contribution in [2.45, 2.75) is 62.5 Å². The molecule has 0 radical (unpaired) electrons. The molecular formula is C16H23N3O2. The van der Waals surface area contributed by atoms with E-state index in [0.29, 0.717) is 18.9 Å². The maximum atomic E-state index is 9.65. The highest BCUT2D eigenvalue weighted by molar-refractivity contribution is 5.17. The Hall–Kier alpha value is -0.940. The van der Waals surface area contributed by atoms with Crippen LogP contribution < -0.4 is 5.32 Å². The molecule has 114 valence electrons. The molecule has 4 saturated carbocycles. The van der Waals surface area contributed by atoms with Crippen LogP contribution in [0, 0.1) is 17.8 Å². The van der Waals surface area contributed by atoms with Gasteiger partial charge in [-0.1, -0.05) is 5.16 Å². The molecule has 0 spiro atoms. The van der Waals surface area contributed by atoms with Crippen molar-refractivity contribution in [3.05, 3.63) is 11.7 Å². The molecule has 1 aromatic heterocycles. The van der Waals surface area contributed by atoms with Gasteiger partial charge in [-0.15, -0.1) is 0 Å². The summed E-state index contributed by atoms with van der Waals surface area (Å²) < 4.78 is 5.55.